The highest BCUT2D eigenvalue weighted by Crippen LogP contribution is 2.20. The van der Waals surface area contributed by atoms with E-state index in [0.717, 1.165) is 0 Å². The molecule has 0 heterocycles. The average Bonchev–Trinajstić information content (AvgIpc) is 2.66. The smallest absolute Gasteiger partial charge is 0.337 e. The van der Waals surface area contributed by atoms with Gasteiger partial charge in [-0.1, -0.05) is 11.6 Å². The number of methoxy groups -OCH3 is 1. The highest BCUT2D eigenvalue weighted by molar-refractivity contribution is 6.33. The van der Waals surface area contributed by atoms with Gasteiger partial charge in [-0.2, -0.15) is 0 Å². The number of rotatable bonds is 8. The molecule has 3 N–H and O–H groups in total. The molecule has 142 valence electrons. The molecule has 0 radical (unpaired) electrons. The number of amides is 2. The number of aromatic carboxylic acids is 1. The van der Waals surface area contributed by atoms with Gasteiger partial charge in [-0.05, 0) is 42.5 Å². The van der Waals surface area contributed by atoms with Crippen LogP contribution in [0.3, 0.4) is 0 Å². The largest absolute Gasteiger partial charge is 0.497 e. The van der Waals surface area contributed by atoms with E-state index in [2.05, 4.69) is 10.6 Å². The van der Waals surface area contributed by atoms with Gasteiger partial charge in [0.15, 0.2) is 6.61 Å². The second-order valence-electron chi connectivity index (χ2n) is 5.29. The first kappa shape index (κ1) is 20.1. The van der Waals surface area contributed by atoms with Crippen LogP contribution < -0.4 is 20.1 Å². The lowest BCUT2D eigenvalue weighted by molar-refractivity contribution is -0.125. The molecular formula is C18H17ClN2O6. The molecule has 9 heteroatoms. The summed E-state index contributed by atoms with van der Waals surface area (Å²) in [6.07, 6.45) is 0. The van der Waals surface area contributed by atoms with Gasteiger partial charge in [0.2, 0.25) is 5.91 Å². The molecule has 0 fully saturated rings. The number of carbonyl (C=O) groups is 3. The van der Waals surface area contributed by atoms with Gasteiger partial charge in [0, 0.05) is 5.69 Å². The summed E-state index contributed by atoms with van der Waals surface area (Å²) in [5.74, 6) is -1.07. The normalized spacial score (nSPS) is 10.0. The van der Waals surface area contributed by atoms with Crippen LogP contribution in [0, 0.1) is 0 Å². The van der Waals surface area contributed by atoms with Crippen molar-refractivity contribution in [1.82, 2.24) is 5.32 Å². The van der Waals surface area contributed by atoms with Crippen LogP contribution in [0.4, 0.5) is 5.69 Å². The first-order valence-corrected chi connectivity index (χ1v) is 8.13. The summed E-state index contributed by atoms with van der Waals surface area (Å²) in [7, 11) is 1.54. The van der Waals surface area contributed by atoms with Crippen LogP contribution in [0.5, 0.6) is 11.5 Å². The molecule has 0 spiro atoms. The molecule has 0 saturated carbocycles. The van der Waals surface area contributed by atoms with E-state index in [1.807, 2.05) is 0 Å². The van der Waals surface area contributed by atoms with Crippen molar-refractivity contribution in [1.29, 1.82) is 0 Å². The zero-order chi connectivity index (χ0) is 19.8. The van der Waals surface area contributed by atoms with E-state index < -0.39 is 17.8 Å². The Morgan fingerprint density at radius 2 is 1.70 bits per heavy atom. The predicted molar refractivity (Wildman–Crippen MR) is 98.5 cm³/mol. The Morgan fingerprint density at radius 1 is 1.04 bits per heavy atom. The number of hydrogen-bond donors (Lipinski definition) is 3. The molecular weight excluding hydrogens is 376 g/mol. The lowest BCUT2D eigenvalue weighted by Crippen LogP contribution is -2.35. The van der Waals surface area contributed by atoms with Crippen molar-refractivity contribution >= 4 is 35.1 Å². The molecule has 2 rings (SSSR count). The lowest BCUT2D eigenvalue weighted by atomic mass is 10.2. The molecule has 0 aromatic heterocycles. The van der Waals surface area contributed by atoms with Crippen molar-refractivity contribution in [3.05, 3.63) is 53.1 Å². The van der Waals surface area contributed by atoms with Crippen LogP contribution in [0.2, 0.25) is 5.02 Å². The monoisotopic (exact) mass is 392 g/mol. The van der Waals surface area contributed by atoms with Crippen molar-refractivity contribution in [2.75, 3.05) is 25.6 Å². The Hall–Kier alpha value is -3.26. The summed E-state index contributed by atoms with van der Waals surface area (Å²) < 4.78 is 10.3. The molecule has 0 atom stereocenters. The van der Waals surface area contributed by atoms with E-state index in [4.69, 9.17) is 26.2 Å². The van der Waals surface area contributed by atoms with E-state index in [0.29, 0.717) is 11.5 Å². The SMILES string of the molecule is COc1ccc(OCC(=O)NCC(=O)Nc2ccc(Cl)c(C(=O)O)c2)cc1. The highest BCUT2D eigenvalue weighted by Gasteiger charge is 2.11. The van der Waals surface area contributed by atoms with Crippen molar-refractivity contribution in [2.45, 2.75) is 0 Å². The fourth-order valence-corrected chi connectivity index (χ4v) is 2.22. The molecule has 0 aliphatic carbocycles. The van der Waals surface area contributed by atoms with Gasteiger partial charge in [-0.3, -0.25) is 9.59 Å². The maximum atomic E-state index is 11.9. The van der Waals surface area contributed by atoms with E-state index >= 15 is 0 Å². The number of ether oxygens (including phenoxy) is 2. The Labute approximate surface area is 160 Å². The second kappa shape index (κ2) is 9.44. The minimum Gasteiger partial charge on any atom is -0.497 e. The third-order valence-corrected chi connectivity index (χ3v) is 3.69. The van der Waals surface area contributed by atoms with Crippen LogP contribution in [-0.2, 0) is 9.59 Å². The number of halogens is 1. The Bertz CT molecular complexity index is 838. The molecule has 2 aromatic rings. The number of nitrogens with one attached hydrogen (secondary N) is 2. The first-order valence-electron chi connectivity index (χ1n) is 7.75. The minimum absolute atomic E-state index is 0.0597. The van der Waals surface area contributed by atoms with E-state index in [-0.39, 0.29) is 29.4 Å². The van der Waals surface area contributed by atoms with Gasteiger partial charge in [-0.25, -0.2) is 4.79 Å². The molecule has 2 aromatic carbocycles. The summed E-state index contributed by atoms with van der Waals surface area (Å²) in [5.41, 5.74) is 0.122. The summed E-state index contributed by atoms with van der Waals surface area (Å²) in [5, 5.41) is 13.9. The molecule has 0 aliphatic heterocycles. The Kier molecular flexibility index (Phi) is 7.01. The number of carboxylic acids is 1. The first-order chi connectivity index (χ1) is 12.9. The number of hydrogen-bond acceptors (Lipinski definition) is 5. The van der Waals surface area contributed by atoms with Crippen LogP contribution >= 0.6 is 11.6 Å². The molecule has 0 aliphatic rings. The van der Waals surface area contributed by atoms with Crippen molar-refractivity contribution in [3.63, 3.8) is 0 Å². The molecule has 0 bridgehead atoms. The van der Waals surface area contributed by atoms with E-state index in [9.17, 15) is 14.4 Å². The summed E-state index contributed by atoms with van der Waals surface area (Å²) in [6.45, 7) is -0.556. The van der Waals surface area contributed by atoms with Crippen molar-refractivity contribution in [2.24, 2.45) is 0 Å². The topological polar surface area (TPSA) is 114 Å². The third-order valence-electron chi connectivity index (χ3n) is 3.36. The average molecular weight is 393 g/mol. The number of benzene rings is 2. The van der Waals surface area contributed by atoms with Crippen molar-refractivity contribution in [3.8, 4) is 11.5 Å². The number of carboxylic acid groups (broad SMARTS) is 1. The van der Waals surface area contributed by atoms with Gasteiger partial charge in [0.25, 0.3) is 5.91 Å². The van der Waals surface area contributed by atoms with Crippen LogP contribution in [0.25, 0.3) is 0 Å². The molecule has 0 unspecified atom stereocenters. The Morgan fingerprint density at radius 3 is 2.33 bits per heavy atom. The van der Waals surface area contributed by atoms with Gasteiger partial charge >= 0.3 is 5.97 Å². The molecule has 27 heavy (non-hydrogen) atoms. The van der Waals surface area contributed by atoms with E-state index in [1.165, 1.54) is 18.2 Å². The van der Waals surface area contributed by atoms with Crippen LogP contribution in [0.15, 0.2) is 42.5 Å². The fourth-order valence-electron chi connectivity index (χ4n) is 2.02. The van der Waals surface area contributed by atoms with Gasteiger partial charge in [0.1, 0.15) is 11.5 Å². The zero-order valence-corrected chi connectivity index (χ0v) is 15.1. The number of carbonyl (C=O) groups excluding carboxylic acids is 2. The Balaban J connectivity index is 1.78. The van der Waals surface area contributed by atoms with Crippen LogP contribution in [-0.4, -0.2) is 43.2 Å². The summed E-state index contributed by atoms with van der Waals surface area (Å²) in [6, 6.07) is 10.7. The van der Waals surface area contributed by atoms with Gasteiger partial charge < -0.3 is 25.2 Å². The quantitative estimate of drug-likeness (QED) is 0.634. The highest BCUT2D eigenvalue weighted by atomic mass is 35.5. The summed E-state index contributed by atoms with van der Waals surface area (Å²) in [4.78, 5) is 34.6. The summed E-state index contributed by atoms with van der Waals surface area (Å²) >= 11 is 5.76. The zero-order valence-electron chi connectivity index (χ0n) is 14.3. The third kappa shape index (κ3) is 6.19. The minimum atomic E-state index is -1.21. The fraction of sp³-hybridized carbons (Fsp3) is 0.167. The van der Waals surface area contributed by atoms with Gasteiger partial charge in [0.05, 0.1) is 24.2 Å². The molecule has 0 saturated heterocycles. The van der Waals surface area contributed by atoms with E-state index in [1.54, 1.807) is 31.4 Å². The standard InChI is InChI=1S/C18H17ClN2O6/c1-26-12-3-5-13(6-4-12)27-10-17(23)20-9-16(22)21-11-2-7-15(19)14(8-11)18(24)25/h2-8H,9-10H2,1H3,(H,20,23)(H,21,22)(H,24,25). The lowest BCUT2D eigenvalue weighted by Gasteiger charge is -2.09. The maximum Gasteiger partial charge on any atom is 0.337 e. The maximum absolute atomic E-state index is 11.9. The van der Waals surface area contributed by atoms with Crippen LogP contribution in [0.1, 0.15) is 10.4 Å². The van der Waals surface area contributed by atoms with Gasteiger partial charge in [-0.15, -0.1) is 0 Å². The number of anilines is 1. The predicted octanol–water partition coefficient (Wildman–Crippen LogP) is 2.18. The van der Waals surface area contributed by atoms with Crippen molar-refractivity contribution < 1.29 is 29.0 Å². The molecule has 2 amide bonds. The second-order valence-corrected chi connectivity index (χ2v) is 5.70. The molecule has 8 nitrogen and oxygen atoms in total.